The lowest BCUT2D eigenvalue weighted by Crippen LogP contribution is -2.11. The fraction of sp³-hybridized carbons (Fsp3) is 0.458. The summed E-state index contributed by atoms with van der Waals surface area (Å²) in [6.45, 7) is 2.85. The molecule has 0 rings (SSSR count). The second-order valence-electron chi connectivity index (χ2n) is 6.19. The molecule has 3 nitrogen and oxygen atoms in total. The van der Waals surface area contributed by atoms with Crippen molar-refractivity contribution in [2.75, 3.05) is 13.2 Å². The third-order valence-electron chi connectivity index (χ3n) is 3.70. The van der Waals surface area contributed by atoms with E-state index in [-0.39, 0.29) is 12.6 Å². The zero-order valence-electron chi connectivity index (χ0n) is 16.9. The summed E-state index contributed by atoms with van der Waals surface area (Å²) in [6, 6.07) is 0. The van der Waals surface area contributed by atoms with E-state index in [0.29, 0.717) is 6.54 Å². The quantitative estimate of drug-likeness (QED) is 0.157. The van der Waals surface area contributed by atoms with E-state index < -0.39 is 0 Å². The van der Waals surface area contributed by atoms with Crippen LogP contribution < -0.4 is 5.73 Å². The van der Waals surface area contributed by atoms with Crippen LogP contribution >= 0.6 is 0 Å². The molecule has 0 fully saturated rings. The predicted molar refractivity (Wildman–Crippen MR) is 117 cm³/mol. The van der Waals surface area contributed by atoms with Gasteiger partial charge in [-0.25, -0.2) is 4.79 Å². The molecule has 0 heterocycles. The van der Waals surface area contributed by atoms with Gasteiger partial charge in [0, 0.05) is 12.6 Å². The Balaban J connectivity index is 3.65. The van der Waals surface area contributed by atoms with Gasteiger partial charge in [0.15, 0.2) is 0 Å². The standard InChI is InChI=1S/C24H37NO2/c1-2-3-4-5-6-7-8-9-10-11-12-13-14-15-16-17-18-19-20-21-24(26)27-23-22-25/h10-21H,2-9,22-23,25H2,1H3. The minimum atomic E-state index is -0.376. The maximum Gasteiger partial charge on any atom is 0.330 e. The molecule has 0 aliphatic heterocycles. The van der Waals surface area contributed by atoms with E-state index >= 15 is 0 Å². The van der Waals surface area contributed by atoms with E-state index in [4.69, 9.17) is 10.5 Å². The van der Waals surface area contributed by atoms with E-state index in [0.717, 1.165) is 0 Å². The number of nitrogens with two attached hydrogens (primary N) is 1. The molecule has 0 radical (unpaired) electrons. The molecule has 0 aromatic carbocycles. The fourth-order valence-corrected chi connectivity index (χ4v) is 2.25. The smallest absolute Gasteiger partial charge is 0.330 e. The Bertz CT molecular complexity index is 510. The third-order valence-corrected chi connectivity index (χ3v) is 3.70. The van der Waals surface area contributed by atoms with E-state index in [1.165, 1.54) is 57.4 Å². The minimum absolute atomic E-state index is 0.249. The molecule has 0 amide bonds. The van der Waals surface area contributed by atoms with Crippen molar-refractivity contribution in [1.29, 1.82) is 0 Å². The lowest BCUT2D eigenvalue weighted by Gasteiger charge is -1.98. The van der Waals surface area contributed by atoms with Crippen molar-refractivity contribution in [3.8, 4) is 0 Å². The molecule has 0 saturated carbocycles. The predicted octanol–water partition coefficient (Wildman–Crippen LogP) is 5.97. The van der Waals surface area contributed by atoms with E-state index in [2.05, 4.69) is 25.2 Å². The summed E-state index contributed by atoms with van der Waals surface area (Å²) >= 11 is 0. The van der Waals surface area contributed by atoms with Crippen LogP contribution in [-0.4, -0.2) is 19.1 Å². The van der Waals surface area contributed by atoms with Crippen molar-refractivity contribution in [2.45, 2.75) is 58.3 Å². The maximum atomic E-state index is 11.1. The van der Waals surface area contributed by atoms with E-state index in [9.17, 15) is 4.79 Å². The van der Waals surface area contributed by atoms with E-state index in [1.54, 1.807) is 12.2 Å². The summed E-state index contributed by atoms with van der Waals surface area (Å²) in [6.07, 6.45) is 33.5. The van der Waals surface area contributed by atoms with Gasteiger partial charge in [-0.1, -0.05) is 112 Å². The Kier molecular flexibility index (Phi) is 20.2. The number of unbranched alkanes of at least 4 members (excludes halogenated alkanes) is 7. The first-order valence-corrected chi connectivity index (χ1v) is 10.2. The average Bonchev–Trinajstić information content (AvgIpc) is 2.68. The SMILES string of the molecule is CCCCCCCCCC=CC=CC=CC=CC=CC=CC(=O)OCCN. The Morgan fingerprint density at radius 3 is 1.85 bits per heavy atom. The topological polar surface area (TPSA) is 52.3 Å². The van der Waals surface area contributed by atoms with Crippen LogP contribution in [0.4, 0.5) is 0 Å². The zero-order valence-corrected chi connectivity index (χ0v) is 16.9. The molecule has 0 aromatic heterocycles. The summed E-state index contributed by atoms with van der Waals surface area (Å²) < 4.78 is 4.80. The van der Waals surface area contributed by atoms with Gasteiger partial charge in [-0.15, -0.1) is 0 Å². The van der Waals surface area contributed by atoms with Gasteiger partial charge in [0.2, 0.25) is 0 Å². The molecule has 0 aromatic rings. The van der Waals surface area contributed by atoms with Crippen LogP contribution in [0.15, 0.2) is 72.9 Å². The van der Waals surface area contributed by atoms with Crippen LogP contribution in [0.5, 0.6) is 0 Å². The van der Waals surface area contributed by atoms with Crippen molar-refractivity contribution < 1.29 is 9.53 Å². The van der Waals surface area contributed by atoms with E-state index in [1.807, 2.05) is 36.5 Å². The lowest BCUT2D eigenvalue weighted by molar-refractivity contribution is -0.137. The van der Waals surface area contributed by atoms with Crippen molar-refractivity contribution in [3.63, 3.8) is 0 Å². The molecule has 0 spiro atoms. The first-order chi connectivity index (χ1) is 13.3. The van der Waals surface area contributed by atoms with Crippen LogP contribution in [0.1, 0.15) is 58.3 Å². The zero-order chi connectivity index (χ0) is 19.8. The van der Waals surface area contributed by atoms with Gasteiger partial charge in [-0.2, -0.15) is 0 Å². The van der Waals surface area contributed by atoms with Gasteiger partial charge >= 0.3 is 5.97 Å². The number of hydrogen-bond donors (Lipinski definition) is 1. The summed E-state index contributed by atoms with van der Waals surface area (Å²) in [4.78, 5) is 11.1. The molecule has 0 aliphatic carbocycles. The largest absolute Gasteiger partial charge is 0.461 e. The van der Waals surface area contributed by atoms with Gasteiger partial charge in [0.05, 0.1) is 0 Å². The fourth-order valence-electron chi connectivity index (χ4n) is 2.25. The highest BCUT2D eigenvalue weighted by Crippen LogP contribution is 2.08. The number of carbonyl (C=O) groups is 1. The minimum Gasteiger partial charge on any atom is -0.461 e. The molecule has 27 heavy (non-hydrogen) atoms. The van der Waals surface area contributed by atoms with Gasteiger partial charge in [-0.3, -0.25) is 0 Å². The first kappa shape index (κ1) is 24.9. The number of hydrogen-bond acceptors (Lipinski definition) is 3. The van der Waals surface area contributed by atoms with Crippen molar-refractivity contribution in [1.82, 2.24) is 0 Å². The van der Waals surface area contributed by atoms with Crippen LogP contribution in [0, 0.1) is 0 Å². The summed E-state index contributed by atoms with van der Waals surface area (Å²) in [7, 11) is 0. The molecular weight excluding hydrogens is 334 g/mol. The molecule has 0 aliphatic rings. The average molecular weight is 372 g/mol. The van der Waals surface area contributed by atoms with Crippen LogP contribution in [0.25, 0.3) is 0 Å². The molecular formula is C24H37NO2. The van der Waals surface area contributed by atoms with Crippen molar-refractivity contribution in [2.24, 2.45) is 5.73 Å². The van der Waals surface area contributed by atoms with Gasteiger partial charge in [0.25, 0.3) is 0 Å². The molecule has 0 saturated heterocycles. The third kappa shape index (κ3) is 21.8. The van der Waals surface area contributed by atoms with Crippen molar-refractivity contribution in [3.05, 3.63) is 72.9 Å². The number of rotatable bonds is 16. The normalized spacial score (nSPS) is 12.8. The van der Waals surface area contributed by atoms with Crippen LogP contribution in [0.2, 0.25) is 0 Å². The lowest BCUT2D eigenvalue weighted by atomic mass is 10.1. The monoisotopic (exact) mass is 371 g/mol. The summed E-state index contributed by atoms with van der Waals surface area (Å²) in [5.41, 5.74) is 5.24. The number of ether oxygens (including phenoxy) is 1. The highest BCUT2D eigenvalue weighted by molar-refractivity contribution is 5.82. The highest BCUT2D eigenvalue weighted by Gasteiger charge is 1.92. The second-order valence-corrected chi connectivity index (χ2v) is 6.19. The first-order valence-electron chi connectivity index (χ1n) is 10.2. The number of esters is 1. The molecule has 150 valence electrons. The van der Waals surface area contributed by atoms with Crippen molar-refractivity contribution >= 4 is 5.97 Å². The van der Waals surface area contributed by atoms with Crippen LogP contribution in [-0.2, 0) is 9.53 Å². The Morgan fingerprint density at radius 1 is 0.741 bits per heavy atom. The van der Waals surface area contributed by atoms with Gasteiger partial charge in [-0.05, 0) is 12.8 Å². The Hall–Kier alpha value is -2.13. The van der Waals surface area contributed by atoms with Gasteiger partial charge < -0.3 is 10.5 Å². The molecule has 0 atom stereocenters. The summed E-state index contributed by atoms with van der Waals surface area (Å²) in [5.74, 6) is -0.376. The summed E-state index contributed by atoms with van der Waals surface area (Å²) in [5, 5.41) is 0. The molecule has 3 heteroatoms. The Morgan fingerprint density at radius 2 is 1.26 bits per heavy atom. The number of carbonyl (C=O) groups excluding carboxylic acids is 1. The number of allylic oxidation sites excluding steroid dienone is 11. The van der Waals surface area contributed by atoms with Crippen LogP contribution in [0.3, 0.4) is 0 Å². The Labute approximate surface area is 166 Å². The molecule has 2 N–H and O–H groups in total. The van der Waals surface area contributed by atoms with Gasteiger partial charge in [0.1, 0.15) is 6.61 Å². The maximum absolute atomic E-state index is 11.1. The second kappa shape index (κ2) is 21.9. The highest BCUT2D eigenvalue weighted by atomic mass is 16.5. The molecule has 0 unspecified atom stereocenters. The molecule has 0 bridgehead atoms.